The molecule has 0 atom stereocenters. The number of rotatable bonds is 8. The SMILES string of the molecule is Cc1ccc(C)c(NC(=O)COC(=O)c2ccccc2SCC(=O)NC(C)C)c1. The molecule has 0 unspecified atom stereocenters. The summed E-state index contributed by atoms with van der Waals surface area (Å²) in [7, 11) is 0. The maximum absolute atomic E-state index is 12.4. The second-order valence-electron chi connectivity index (χ2n) is 6.95. The molecule has 2 N–H and O–H groups in total. The number of benzene rings is 2. The lowest BCUT2D eigenvalue weighted by atomic mass is 10.1. The van der Waals surface area contributed by atoms with Crippen LogP contribution in [0.1, 0.15) is 35.3 Å². The van der Waals surface area contributed by atoms with Crippen molar-refractivity contribution in [3.8, 4) is 0 Å². The lowest BCUT2D eigenvalue weighted by Crippen LogP contribution is -2.31. The molecule has 2 rings (SSSR count). The molecule has 0 spiro atoms. The van der Waals surface area contributed by atoms with Gasteiger partial charge in [0.25, 0.3) is 5.91 Å². The van der Waals surface area contributed by atoms with E-state index in [1.807, 2.05) is 45.9 Å². The summed E-state index contributed by atoms with van der Waals surface area (Å²) in [5, 5.41) is 5.56. The average molecular weight is 415 g/mol. The maximum atomic E-state index is 12.4. The van der Waals surface area contributed by atoms with Gasteiger partial charge in [0.15, 0.2) is 6.61 Å². The van der Waals surface area contributed by atoms with Crippen molar-refractivity contribution in [1.29, 1.82) is 0 Å². The van der Waals surface area contributed by atoms with Crippen LogP contribution in [0.4, 0.5) is 5.69 Å². The third-order valence-corrected chi connectivity index (χ3v) is 4.99. The van der Waals surface area contributed by atoms with Crippen LogP contribution in [0.3, 0.4) is 0 Å². The molecule has 0 aromatic heterocycles. The fourth-order valence-electron chi connectivity index (χ4n) is 2.53. The van der Waals surface area contributed by atoms with Crippen LogP contribution in [0.15, 0.2) is 47.4 Å². The first-order chi connectivity index (χ1) is 13.8. The van der Waals surface area contributed by atoms with E-state index >= 15 is 0 Å². The minimum Gasteiger partial charge on any atom is -0.452 e. The van der Waals surface area contributed by atoms with Gasteiger partial charge in [0.05, 0.1) is 11.3 Å². The summed E-state index contributed by atoms with van der Waals surface area (Å²) < 4.78 is 5.18. The molecule has 0 aliphatic rings. The standard InChI is InChI=1S/C22H26N2O4S/c1-14(2)23-21(26)13-29-19-8-6-5-7-17(19)22(27)28-12-20(25)24-18-11-15(3)9-10-16(18)4/h5-11,14H,12-13H2,1-4H3,(H,23,26)(H,24,25). The monoisotopic (exact) mass is 414 g/mol. The number of carbonyl (C=O) groups excluding carboxylic acids is 3. The van der Waals surface area contributed by atoms with E-state index in [-0.39, 0.29) is 24.3 Å². The Balaban J connectivity index is 1.94. The number of hydrogen-bond donors (Lipinski definition) is 2. The number of amides is 2. The number of hydrogen-bond acceptors (Lipinski definition) is 5. The van der Waals surface area contributed by atoms with E-state index in [9.17, 15) is 14.4 Å². The molecule has 0 radical (unpaired) electrons. The molecule has 154 valence electrons. The van der Waals surface area contributed by atoms with Gasteiger partial charge >= 0.3 is 5.97 Å². The largest absolute Gasteiger partial charge is 0.452 e. The topological polar surface area (TPSA) is 84.5 Å². The van der Waals surface area contributed by atoms with Crippen molar-refractivity contribution < 1.29 is 19.1 Å². The Morgan fingerprint density at radius 1 is 1.03 bits per heavy atom. The fraction of sp³-hybridized carbons (Fsp3) is 0.318. The van der Waals surface area contributed by atoms with E-state index in [4.69, 9.17) is 4.74 Å². The van der Waals surface area contributed by atoms with Crippen LogP contribution in [0.25, 0.3) is 0 Å². The Morgan fingerprint density at radius 2 is 1.76 bits per heavy atom. The van der Waals surface area contributed by atoms with Gasteiger partial charge in [-0.25, -0.2) is 4.79 Å². The van der Waals surface area contributed by atoms with E-state index in [0.29, 0.717) is 16.1 Å². The first kappa shape index (κ1) is 22.5. The molecule has 0 aliphatic heterocycles. The molecule has 0 heterocycles. The summed E-state index contributed by atoms with van der Waals surface area (Å²) in [5.74, 6) is -0.932. The molecular formula is C22H26N2O4S. The fourth-order valence-corrected chi connectivity index (χ4v) is 3.39. The van der Waals surface area contributed by atoms with Crippen LogP contribution in [-0.4, -0.2) is 36.2 Å². The van der Waals surface area contributed by atoms with E-state index in [2.05, 4.69) is 10.6 Å². The summed E-state index contributed by atoms with van der Waals surface area (Å²) in [6.45, 7) is 7.21. The molecular weight excluding hydrogens is 388 g/mol. The highest BCUT2D eigenvalue weighted by Crippen LogP contribution is 2.23. The molecule has 2 aromatic rings. The average Bonchev–Trinajstić information content (AvgIpc) is 2.67. The van der Waals surface area contributed by atoms with E-state index in [1.54, 1.807) is 24.3 Å². The van der Waals surface area contributed by atoms with Crippen LogP contribution in [0.2, 0.25) is 0 Å². The van der Waals surface area contributed by atoms with Gasteiger partial charge in [-0.3, -0.25) is 9.59 Å². The van der Waals surface area contributed by atoms with Gasteiger partial charge in [0.2, 0.25) is 5.91 Å². The predicted octanol–water partition coefficient (Wildman–Crippen LogP) is 3.72. The van der Waals surface area contributed by atoms with Crippen LogP contribution in [0, 0.1) is 13.8 Å². The Bertz CT molecular complexity index is 896. The van der Waals surface area contributed by atoms with Gasteiger partial charge in [-0.15, -0.1) is 11.8 Å². The van der Waals surface area contributed by atoms with Crippen molar-refractivity contribution in [3.63, 3.8) is 0 Å². The maximum Gasteiger partial charge on any atom is 0.339 e. The summed E-state index contributed by atoms with van der Waals surface area (Å²) in [4.78, 5) is 37.1. The number of aryl methyl sites for hydroxylation is 2. The quantitative estimate of drug-likeness (QED) is 0.508. The van der Waals surface area contributed by atoms with E-state index in [1.165, 1.54) is 11.8 Å². The Hall–Kier alpha value is -2.80. The molecule has 0 saturated heterocycles. The smallest absolute Gasteiger partial charge is 0.339 e. The van der Waals surface area contributed by atoms with Crippen molar-refractivity contribution >= 4 is 35.2 Å². The van der Waals surface area contributed by atoms with E-state index < -0.39 is 11.9 Å². The molecule has 0 bridgehead atoms. The Labute approximate surface area is 175 Å². The number of thioether (sulfide) groups is 1. The molecule has 2 aromatic carbocycles. The minimum atomic E-state index is -0.603. The van der Waals surface area contributed by atoms with Gasteiger partial charge in [-0.2, -0.15) is 0 Å². The number of ether oxygens (including phenoxy) is 1. The number of nitrogens with one attached hydrogen (secondary N) is 2. The van der Waals surface area contributed by atoms with Crippen molar-refractivity contribution in [1.82, 2.24) is 5.32 Å². The third kappa shape index (κ3) is 7.27. The third-order valence-electron chi connectivity index (χ3n) is 3.92. The molecule has 7 heteroatoms. The first-order valence-electron chi connectivity index (χ1n) is 9.31. The first-order valence-corrected chi connectivity index (χ1v) is 10.3. The van der Waals surface area contributed by atoms with Crippen molar-refractivity contribution in [2.75, 3.05) is 17.7 Å². The predicted molar refractivity (Wildman–Crippen MR) is 115 cm³/mol. The minimum absolute atomic E-state index is 0.0545. The van der Waals surface area contributed by atoms with Crippen LogP contribution >= 0.6 is 11.8 Å². The molecule has 0 saturated carbocycles. The van der Waals surface area contributed by atoms with Gasteiger partial charge < -0.3 is 15.4 Å². The second kappa shape index (κ2) is 10.7. The zero-order chi connectivity index (χ0) is 21.4. The summed E-state index contributed by atoms with van der Waals surface area (Å²) in [5.41, 5.74) is 2.97. The lowest BCUT2D eigenvalue weighted by Gasteiger charge is -2.12. The molecule has 2 amide bonds. The summed E-state index contributed by atoms with van der Waals surface area (Å²) in [6.07, 6.45) is 0. The highest BCUT2D eigenvalue weighted by molar-refractivity contribution is 8.00. The summed E-state index contributed by atoms with van der Waals surface area (Å²) in [6, 6.07) is 12.7. The normalized spacial score (nSPS) is 10.5. The Morgan fingerprint density at radius 3 is 2.48 bits per heavy atom. The van der Waals surface area contributed by atoms with Gasteiger partial charge in [-0.05, 0) is 57.0 Å². The number of carbonyl (C=O) groups is 3. The lowest BCUT2D eigenvalue weighted by molar-refractivity contribution is -0.119. The van der Waals surface area contributed by atoms with E-state index in [0.717, 1.165) is 11.1 Å². The zero-order valence-electron chi connectivity index (χ0n) is 17.1. The summed E-state index contributed by atoms with van der Waals surface area (Å²) >= 11 is 1.25. The van der Waals surface area contributed by atoms with Crippen molar-refractivity contribution in [2.24, 2.45) is 0 Å². The van der Waals surface area contributed by atoms with Gasteiger partial charge in [0, 0.05) is 16.6 Å². The van der Waals surface area contributed by atoms with Crippen LogP contribution in [-0.2, 0) is 14.3 Å². The molecule has 6 nitrogen and oxygen atoms in total. The highest BCUT2D eigenvalue weighted by atomic mass is 32.2. The van der Waals surface area contributed by atoms with Crippen LogP contribution < -0.4 is 10.6 Å². The van der Waals surface area contributed by atoms with Crippen LogP contribution in [0.5, 0.6) is 0 Å². The van der Waals surface area contributed by atoms with Gasteiger partial charge in [-0.1, -0.05) is 24.3 Å². The van der Waals surface area contributed by atoms with Crippen molar-refractivity contribution in [3.05, 3.63) is 59.2 Å². The highest BCUT2D eigenvalue weighted by Gasteiger charge is 2.16. The van der Waals surface area contributed by atoms with Gasteiger partial charge in [0.1, 0.15) is 0 Å². The van der Waals surface area contributed by atoms with Crippen molar-refractivity contribution in [2.45, 2.75) is 38.6 Å². The zero-order valence-corrected chi connectivity index (χ0v) is 17.9. The molecule has 0 fully saturated rings. The Kier molecular flexibility index (Phi) is 8.27. The molecule has 0 aliphatic carbocycles. The molecule has 29 heavy (non-hydrogen) atoms. The second-order valence-corrected chi connectivity index (χ2v) is 7.97. The number of anilines is 1. The number of esters is 1.